The van der Waals surface area contributed by atoms with Crippen LogP contribution >= 0.6 is 15.9 Å². The number of nitrogens with two attached hydrogens (primary N) is 1. The molecule has 1 atom stereocenters. The topological polar surface area (TPSA) is 236 Å². The Balaban J connectivity index is 2.05. The average molecular weight is 834 g/mol. The van der Waals surface area contributed by atoms with Crippen molar-refractivity contribution >= 4 is 51.3 Å². The van der Waals surface area contributed by atoms with Gasteiger partial charge >= 0.3 is 6.03 Å². The highest BCUT2D eigenvalue weighted by atomic mass is 79.9. The molecular weight excluding hydrogens is 776 g/mol. The molecule has 1 rings (SSSR count). The van der Waals surface area contributed by atoms with Gasteiger partial charge in [0.2, 0.25) is 23.6 Å². The number of halogens is 1. The summed E-state index contributed by atoms with van der Waals surface area (Å²) in [4.78, 5) is 60.2. The van der Waals surface area contributed by atoms with Crippen LogP contribution in [0.4, 0.5) is 10.5 Å². The van der Waals surface area contributed by atoms with Crippen LogP contribution in [0.5, 0.6) is 0 Å². The molecule has 0 aliphatic carbocycles. The Labute approximate surface area is 325 Å². The van der Waals surface area contributed by atoms with Crippen LogP contribution in [0.25, 0.3) is 0 Å². The van der Waals surface area contributed by atoms with Crippen molar-refractivity contribution in [2.24, 2.45) is 5.73 Å². The number of hydrogen-bond donors (Lipinski definition) is 6. The first-order valence-electron chi connectivity index (χ1n) is 17.6. The van der Waals surface area contributed by atoms with Gasteiger partial charge in [-0.1, -0.05) is 34.6 Å². The summed E-state index contributed by atoms with van der Waals surface area (Å²) in [6, 6.07) is 5.46. The number of amides is 6. The maximum atomic E-state index is 13.0. The van der Waals surface area contributed by atoms with E-state index in [1.54, 1.807) is 19.2 Å². The largest absolute Gasteiger partial charge is 0.380 e. The van der Waals surface area contributed by atoms with Crippen molar-refractivity contribution in [1.82, 2.24) is 21.3 Å². The average Bonchev–Trinajstić information content (AvgIpc) is 3.16. The monoisotopic (exact) mass is 832 g/mol. The summed E-state index contributed by atoms with van der Waals surface area (Å²) >= 11 is 3.18. The first-order chi connectivity index (χ1) is 26.2. The number of carbonyl (C=O) groups excluding carboxylic acids is 5. The number of nitrogens with one attached hydrogen (secondary N) is 5. The number of anilines is 1. The summed E-state index contributed by atoms with van der Waals surface area (Å²) in [7, 11) is 1.59. The number of rotatable bonds is 34. The lowest BCUT2D eigenvalue weighted by Crippen LogP contribution is -2.47. The van der Waals surface area contributed by atoms with E-state index < -0.39 is 29.8 Å². The molecule has 0 saturated heterocycles. The third-order valence-electron chi connectivity index (χ3n) is 6.95. The Hall–Kier alpha value is -3.69. The fraction of sp³-hybridized carbons (Fsp3) is 0.629. The van der Waals surface area contributed by atoms with E-state index in [2.05, 4.69) is 49.1 Å². The van der Waals surface area contributed by atoms with Crippen molar-refractivity contribution in [3.63, 3.8) is 0 Å². The van der Waals surface area contributed by atoms with Crippen LogP contribution in [0.3, 0.4) is 0 Å². The molecule has 0 aliphatic heterocycles. The molecule has 0 aliphatic rings. The minimum Gasteiger partial charge on any atom is -0.380 e. The van der Waals surface area contributed by atoms with Gasteiger partial charge in [-0.15, -0.1) is 0 Å². The number of urea groups is 1. The van der Waals surface area contributed by atoms with Gasteiger partial charge in [-0.05, 0) is 30.5 Å². The molecule has 306 valence electrons. The van der Waals surface area contributed by atoms with Gasteiger partial charge in [0, 0.05) is 43.2 Å². The van der Waals surface area contributed by atoms with E-state index in [0.29, 0.717) is 102 Å². The van der Waals surface area contributed by atoms with Crippen molar-refractivity contribution in [3.8, 4) is 0 Å². The summed E-state index contributed by atoms with van der Waals surface area (Å²) in [5.41, 5.74) is 7.03. The van der Waals surface area contributed by atoms with Crippen molar-refractivity contribution in [2.75, 3.05) is 117 Å². The minimum absolute atomic E-state index is 0.0346. The molecule has 6 amide bonds. The SMILES string of the molecule is C=C(CBr)C(=O)NCCOCCOCCOCCOCCOCCOCCC(=O)NCC(=O)N[C@@H](CCCNC(N)=O)C(=O)Nc1ccc(COC)cc1. The summed E-state index contributed by atoms with van der Waals surface area (Å²) in [6.07, 6.45) is 0.633. The Bertz CT molecular complexity index is 1230. The molecule has 0 radical (unpaired) electrons. The second kappa shape index (κ2) is 32.7. The number of primary amides is 1. The van der Waals surface area contributed by atoms with Gasteiger partial charge in [-0.25, -0.2) is 4.79 Å². The Morgan fingerprint density at radius 3 is 1.78 bits per heavy atom. The van der Waals surface area contributed by atoms with E-state index >= 15 is 0 Å². The molecule has 7 N–H and O–H groups in total. The highest BCUT2D eigenvalue weighted by molar-refractivity contribution is 9.09. The summed E-state index contributed by atoms with van der Waals surface area (Å²) < 4.78 is 37.6. The second-order valence-corrected chi connectivity index (χ2v) is 11.9. The fourth-order valence-electron chi connectivity index (χ4n) is 4.17. The quantitative estimate of drug-likeness (QED) is 0.0314. The Kier molecular flexibility index (Phi) is 29.3. The van der Waals surface area contributed by atoms with Gasteiger partial charge in [0.25, 0.3) is 0 Å². The zero-order valence-electron chi connectivity index (χ0n) is 31.1. The zero-order chi connectivity index (χ0) is 39.7. The number of benzene rings is 1. The fourth-order valence-corrected chi connectivity index (χ4v) is 4.42. The molecule has 18 nitrogen and oxygen atoms in total. The van der Waals surface area contributed by atoms with Gasteiger partial charge in [0.15, 0.2) is 0 Å². The van der Waals surface area contributed by atoms with Crippen molar-refractivity contribution in [2.45, 2.75) is 31.9 Å². The van der Waals surface area contributed by atoms with Crippen LogP contribution < -0.4 is 32.3 Å². The molecule has 1 aromatic carbocycles. The van der Waals surface area contributed by atoms with Gasteiger partial charge in [-0.2, -0.15) is 0 Å². The van der Waals surface area contributed by atoms with E-state index in [1.807, 2.05) is 12.1 Å². The lowest BCUT2D eigenvalue weighted by atomic mass is 10.1. The molecule has 54 heavy (non-hydrogen) atoms. The van der Waals surface area contributed by atoms with Crippen LogP contribution in [-0.4, -0.2) is 147 Å². The molecule has 0 fully saturated rings. The molecule has 0 aromatic heterocycles. The van der Waals surface area contributed by atoms with Crippen LogP contribution in [0.2, 0.25) is 0 Å². The van der Waals surface area contributed by atoms with Gasteiger partial charge < -0.3 is 65.5 Å². The van der Waals surface area contributed by atoms with Crippen LogP contribution in [0, 0.1) is 0 Å². The molecule has 0 heterocycles. The molecule has 0 spiro atoms. The van der Waals surface area contributed by atoms with Crippen LogP contribution in [0.15, 0.2) is 36.4 Å². The summed E-state index contributed by atoms with van der Waals surface area (Å²) in [5, 5.41) is 13.5. The first kappa shape index (κ1) is 48.3. The standard InChI is InChI=1S/C35H57BrN6O12/c1-27(24-36)33(45)38-11-13-50-15-17-52-19-21-54-23-22-53-20-18-51-16-14-49-12-9-31(43)40-25-32(44)42-30(4-3-10-39-35(37)47)34(46)41-29-7-5-28(6-8-29)26-48-2/h5-8,30H,1,3-4,9-26H2,2H3,(H,38,45)(H,40,43)(H,41,46)(H,42,44)(H3,37,39,47)/t30-/m0/s1. The number of ether oxygens (including phenoxy) is 7. The molecule has 19 heteroatoms. The number of carbonyl (C=O) groups is 5. The van der Waals surface area contributed by atoms with E-state index in [-0.39, 0.29) is 45.1 Å². The third kappa shape index (κ3) is 27.0. The first-order valence-corrected chi connectivity index (χ1v) is 18.7. The van der Waals surface area contributed by atoms with E-state index in [0.717, 1.165) is 5.56 Å². The lowest BCUT2D eigenvalue weighted by molar-refractivity contribution is -0.128. The molecule has 0 bridgehead atoms. The van der Waals surface area contributed by atoms with E-state index in [1.165, 1.54) is 0 Å². The maximum Gasteiger partial charge on any atom is 0.312 e. The Morgan fingerprint density at radius 2 is 1.26 bits per heavy atom. The lowest BCUT2D eigenvalue weighted by Gasteiger charge is -2.19. The zero-order valence-corrected chi connectivity index (χ0v) is 32.7. The highest BCUT2D eigenvalue weighted by Gasteiger charge is 2.21. The van der Waals surface area contributed by atoms with E-state index in [4.69, 9.17) is 38.9 Å². The summed E-state index contributed by atoms with van der Waals surface area (Å²) in [6.45, 7) is 8.78. The summed E-state index contributed by atoms with van der Waals surface area (Å²) in [5.74, 6) is -1.59. The Morgan fingerprint density at radius 1 is 0.722 bits per heavy atom. The predicted octanol–water partition coefficient (Wildman–Crippen LogP) is 0.378. The van der Waals surface area contributed by atoms with Crippen molar-refractivity contribution in [3.05, 3.63) is 42.0 Å². The van der Waals surface area contributed by atoms with Crippen LogP contribution in [-0.2, 0) is 58.9 Å². The second-order valence-electron chi connectivity index (χ2n) is 11.4. The van der Waals surface area contributed by atoms with E-state index in [9.17, 15) is 24.0 Å². The number of methoxy groups -OCH3 is 1. The molecular formula is C35H57BrN6O12. The molecule has 1 aromatic rings. The third-order valence-corrected chi connectivity index (χ3v) is 7.62. The number of alkyl halides is 1. The highest BCUT2D eigenvalue weighted by Crippen LogP contribution is 2.11. The number of hydrogen-bond acceptors (Lipinski definition) is 12. The van der Waals surface area contributed by atoms with Crippen molar-refractivity contribution in [1.29, 1.82) is 0 Å². The normalized spacial score (nSPS) is 11.4. The smallest absolute Gasteiger partial charge is 0.312 e. The maximum absolute atomic E-state index is 13.0. The van der Waals surface area contributed by atoms with Crippen LogP contribution in [0.1, 0.15) is 24.8 Å². The minimum atomic E-state index is -0.918. The van der Waals surface area contributed by atoms with Gasteiger partial charge in [0.05, 0.1) is 92.4 Å². The van der Waals surface area contributed by atoms with Crippen molar-refractivity contribution < 1.29 is 57.1 Å². The molecule has 0 unspecified atom stereocenters. The van der Waals surface area contributed by atoms with Gasteiger partial charge in [0.1, 0.15) is 6.04 Å². The molecule has 0 saturated carbocycles. The van der Waals surface area contributed by atoms with Gasteiger partial charge in [-0.3, -0.25) is 19.2 Å². The predicted molar refractivity (Wildman–Crippen MR) is 203 cm³/mol.